The average molecular weight is 517 g/mol. The number of aromatic amines is 1. The molecule has 0 saturated carbocycles. The van der Waals surface area contributed by atoms with Crippen molar-refractivity contribution in [1.82, 2.24) is 19.9 Å². The molecular weight excluding hydrogens is 493 g/mol. The van der Waals surface area contributed by atoms with Gasteiger partial charge in [-0.25, -0.2) is 9.97 Å². The molecule has 0 aliphatic carbocycles. The number of nitrogens with zero attached hydrogens (tertiary/aromatic N) is 5. The number of aliphatic hydroxyl groups excluding tert-OH is 1. The number of H-pyrrole nitrogens is 1. The minimum Gasteiger partial charge on any atom is -0.389 e. The molecule has 7 nitrogen and oxygen atoms in total. The highest BCUT2D eigenvalue weighted by Gasteiger charge is 2.33. The predicted octanol–water partition coefficient (Wildman–Crippen LogP) is 5.46. The van der Waals surface area contributed by atoms with Gasteiger partial charge in [-0.05, 0) is 38.1 Å². The van der Waals surface area contributed by atoms with E-state index in [0.717, 1.165) is 12.1 Å². The highest BCUT2D eigenvalue weighted by molar-refractivity contribution is 6.33. The third kappa shape index (κ3) is 4.58. The van der Waals surface area contributed by atoms with Crippen LogP contribution in [0.5, 0.6) is 0 Å². The lowest BCUT2D eigenvalue weighted by Crippen LogP contribution is -2.52. The number of hydrogen-bond acceptors (Lipinski definition) is 6. The van der Waals surface area contributed by atoms with Gasteiger partial charge in [0.05, 0.1) is 27.7 Å². The summed E-state index contributed by atoms with van der Waals surface area (Å²) in [7, 11) is 0. The first-order valence-corrected chi connectivity index (χ1v) is 11.9. The van der Waals surface area contributed by atoms with Crippen LogP contribution in [0.3, 0.4) is 0 Å². The summed E-state index contributed by atoms with van der Waals surface area (Å²) in [6.45, 7) is 5.40. The van der Waals surface area contributed by atoms with Gasteiger partial charge in [0.15, 0.2) is 0 Å². The Morgan fingerprint density at radius 1 is 1.19 bits per heavy atom. The van der Waals surface area contributed by atoms with E-state index >= 15 is 0 Å². The molecule has 2 N–H and O–H groups in total. The maximum Gasteiger partial charge on any atom is 0.416 e. The summed E-state index contributed by atoms with van der Waals surface area (Å²) < 4.78 is 40.9. The molecule has 1 fully saturated rings. The largest absolute Gasteiger partial charge is 0.416 e. The van der Waals surface area contributed by atoms with Crippen molar-refractivity contribution >= 4 is 34.4 Å². The van der Waals surface area contributed by atoms with Gasteiger partial charge in [-0.3, -0.25) is 4.98 Å². The molecule has 4 aromatic rings. The summed E-state index contributed by atoms with van der Waals surface area (Å²) in [6, 6.07) is 7.30. The van der Waals surface area contributed by atoms with Crippen LogP contribution in [0.1, 0.15) is 31.1 Å². The summed E-state index contributed by atoms with van der Waals surface area (Å²) in [5.74, 6) is 1.14. The quantitative estimate of drug-likeness (QED) is 0.375. The van der Waals surface area contributed by atoms with E-state index in [1.165, 1.54) is 6.20 Å². The van der Waals surface area contributed by atoms with Gasteiger partial charge in [-0.1, -0.05) is 17.7 Å². The number of nitrogens with one attached hydrogen (secondary N) is 1. The third-order valence-corrected chi connectivity index (χ3v) is 6.68. The first kappa shape index (κ1) is 24.3. The normalized spacial score (nSPS) is 17.6. The Kier molecular flexibility index (Phi) is 6.25. The molecule has 188 valence electrons. The van der Waals surface area contributed by atoms with Crippen LogP contribution in [0.4, 0.5) is 24.9 Å². The maximum absolute atomic E-state index is 13.6. The van der Waals surface area contributed by atoms with Crippen LogP contribution in [-0.4, -0.2) is 50.7 Å². The van der Waals surface area contributed by atoms with Gasteiger partial charge in [0.25, 0.3) is 0 Å². The molecular formula is C25H24ClF3N6O. The Labute approximate surface area is 210 Å². The van der Waals surface area contributed by atoms with Crippen molar-refractivity contribution in [1.29, 1.82) is 0 Å². The highest BCUT2D eigenvalue weighted by atomic mass is 35.5. The molecule has 0 radical (unpaired) electrons. The summed E-state index contributed by atoms with van der Waals surface area (Å²) in [5.41, 5.74) is 1.62. The molecule has 0 bridgehead atoms. The fraction of sp³-hybridized carbons (Fsp3) is 0.320. The van der Waals surface area contributed by atoms with Crippen LogP contribution in [0.15, 0.2) is 48.9 Å². The summed E-state index contributed by atoms with van der Waals surface area (Å²) >= 11 is 6.44. The minimum atomic E-state index is -4.50. The zero-order valence-corrected chi connectivity index (χ0v) is 20.3. The molecule has 3 aromatic heterocycles. The number of halogens is 4. The number of benzene rings is 1. The van der Waals surface area contributed by atoms with E-state index in [1.54, 1.807) is 37.5 Å². The smallest absolute Gasteiger partial charge is 0.389 e. The van der Waals surface area contributed by atoms with Crippen LogP contribution >= 0.6 is 11.6 Å². The molecule has 0 spiro atoms. The second-order valence-corrected chi connectivity index (χ2v) is 9.36. The number of aliphatic hydroxyl groups is 1. The predicted molar refractivity (Wildman–Crippen MR) is 133 cm³/mol. The van der Waals surface area contributed by atoms with Crippen LogP contribution in [-0.2, 0) is 6.18 Å². The highest BCUT2D eigenvalue weighted by Crippen LogP contribution is 2.37. The van der Waals surface area contributed by atoms with Gasteiger partial charge in [0, 0.05) is 61.0 Å². The molecule has 2 atom stereocenters. The van der Waals surface area contributed by atoms with E-state index in [1.807, 2.05) is 11.8 Å². The molecule has 1 aromatic carbocycles. The lowest BCUT2D eigenvalue weighted by atomic mass is 10.0. The Morgan fingerprint density at radius 3 is 2.64 bits per heavy atom. The fourth-order valence-corrected chi connectivity index (χ4v) is 4.82. The summed E-state index contributed by atoms with van der Waals surface area (Å²) in [6.07, 6.45) is -0.440. The van der Waals surface area contributed by atoms with E-state index in [2.05, 4.69) is 24.8 Å². The Morgan fingerprint density at radius 2 is 2.00 bits per heavy atom. The summed E-state index contributed by atoms with van der Waals surface area (Å²) in [5, 5.41) is 10.2. The van der Waals surface area contributed by atoms with Gasteiger partial charge in [0.1, 0.15) is 5.82 Å². The third-order valence-electron chi connectivity index (χ3n) is 6.40. The van der Waals surface area contributed by atoms with Crippen molar-refractivity contribution in [2.24, 2.45) is 0 Å². The SMILES string of the molecule is C[C@@H]1CN(c2ncc([C@@H](C)O)cc2Cl)CCN1c1nc2cc(C(F)(F)F)cc(-c3cccnc3)c2[nH]1. The Balaban J connectivity index is 1.46. The number of aromatic nitrogens is 4. The van der Waals surface area contributed by atoms with E-state index in [4.69, 9.17) is 11.6 Å². The maximum atomic E-state index is 13.6. The van der Waals surface area contributed by atoms with Crippen LogP contribution in [0, 0.1) is 0 Å². The second-order valence-electron chi connectivity index (χ2n) is 8.96. The molecule has 0 amide bonds. The molecule has 36 heavy (non-hydrogen) atoms. The standard InChI is InChI=1S/C25H24ClF3N6O/c1-14-13-34(23-20(26)8-17(12-31-23)15(2)36)6-7-35(14)24-32-21-10-18(25(27,28)29)9-19(22(21)33-24)16-4-3-5-30-11-16/h3-5,8-12,14-15,36H,6-7,13H2,1-2H3,(H,32,33)/t14-,15-/m1/s1. The zero-order valence-electron chi connectivity index (χ0n) is 19.6. The molecule has 11 heteroatoms. The number of fused-ring (bicyclic) bond motifs is 1. The van der Waals surface area contributed by atoms with Crippen LogP contribution in [0.2, 0.25) is 5.02 Å². The van der Waals surface area contributed by atoms with Crippen LogP contribution in [0.25, 0.3) is 22.2 Å². The van der Waals surface area contributed by atoms with Crippen molar-refractivity contribution in [3.05, 3.63) is 65.1 Å². The fourth-order valence-electron chi connectivity index (χ4n) is 4.52. The van der Waals surface area contributed by atoms with Gasteiger partial charge < -0.3 is 19.9 Å². The zero-order chi connectivity index (χ0) is 25.6. The van der Waals surface area contributed by atoms with E-state index in [-0.39, 0.29) is 11.6 Å². The average Bonchev–Trinajstić information content (AvgIpc) is 3.27. The minimum absolute atomic E-state index is 0.0300. The topological polar surface area (TPSA) is 81.2 Å². The lowest BCUT2D eigenvalue weighted by Gasteiger charge is -2.40. The first-order chi connectivity index (χ1) is 17.1. The second kappa shape index (κ2) is 9.25. The lowest BCUT2D eigenvalue weighted by molar-refractivity contribution is -0.137. The van der Waals surface area contributed by atoms with Crippen molar-refractivity contribution in [2.75, 3.05) is 29.4 Å². The first-order valence-electron chi connectivity index (χ1n) is 11.5. The molecule has 0 unspecified atom stereocenters. The number of imidazole rings is 1. The van der Waals surface area contributed by atoms with Crippen molar-refractivity contribution < 1.29 is 18.3 Å². The van der Waals surface area contributed by atoms with Crippen molar-refractivity contribution in [2.45, 2.75) is 32.2 Å². The molecule has 1 aliphatic heterocycles. The van der Waals surface area contributed by atoms with Crippen molar-refractivity contribution in [3.63, 3.8) is 0 Å². The number of hydrogen-bond donors (Lipinski definition) is 2. The molecule has 1 aliphatic rings. The number of piperazine rings is 1. The van der Waals surface area contributed by atoms with Crippen molar-refractivity contribution in [3.8, 4) is 11.1 Å². The van der Waals surface area contributed by atoms with Gasteiger partial charge >= 0.3 is 6.18 Å². The van der Waals surface area contributed by atoms with Gasteiger partial charge in [-0.2, -0.15) is 13.2 Å². The Bertz CT molecular complexity index is 1390. The number of anilines is 2. The van der Waals surface area contributed by atoms with E-state index in [0.29, 0.717) is 58.6 Å². The number of pyridine rings is 2. The monoisotopic (exact) mass is 516 g/mol. The summed E-state index contributed by atoms with van der Waals surface area (Å²) in [4.78, 5) is 20.4. The van der Waals surface area contributed by atoms with Gasteiger partial charge in [0.2, 0.25) is 5.95 Å². The van der Waals surface area contributed by atoms with Gasteiger partial charge in [-0.15, -0.1) is 0 Å². The van der Waals surface area contributed by atoms with E-state index < -0.39 is 17.8 Å². The molecule has 5 rings (SSSR count). The molecule has 1 saturated heterocycles. The van der Waals surface area contributed by atoms with E-state index in [9.17, 15) is 18.3 Å². The number of alkyl halides is 3. The number of rotatable bonds is 4. The molecule has 4 heterocycles. The Hall–Kier alpha value is -3.37. The van der Waals surface area contributed by atoms with Crippen LogP contribution < -0.4 is 9.80 Å².